The minimum atomic E-state index is -0.714. The third-order valence-corrected chi connectivity index (χ3v) is 4.87. The van der Waals surface area contributed by atoms with Gasteiger partial charge < -0.3 is 9.84 Å². The molecule has 0 bridgehead atoms. The van der Waals surface area contributed by atoms with Crippen molar-refractivity contribution in [1.29, 1.82) is 0 Å². The zero-order valence-electron chi connectivity index (χ0n) is 17.1. The van der Waals surface area contributed by atoms with E-state index in [-0.39, 0.29) is 11.7 Å². The third-order valence-electron chi connectivity index (χ3n) is 4.87. The second-order valence-corrected chi connectivity index (χ2v) is 7.39. The van der Waals surface area contributed by atoms with E-state index in [1.54, 1.807) is 13.0 Å². The Balaban J connectivity index is 1.70. The van der Waals surface area contributed by atoms with Crippen molar-refractivity contribution in [2.24, 2.45) is 5.10 Å². The van der Waals surface area contributed by atoms with Crippen LogP contribution in [0.1, 0.15) is 43.4 Å². The lowest BCUT2D eigenvalue weighted by Crippen LogP contribution is -2.33. The number of ether oxygens (including phenoxy) is 1. The van der Waals surface area contributed by atoms with Crippen molar-refractivity contribution >= 4 is 22.9 Å². The topological polar surface area (TPSA) is 70.9 Å². The van der Waals surface area contributed by atoms with Gasteiger partial charge >= 0.3 is 0 Å². The molecule has 5 nitrogen and oxygen atoms in total. The van der Waals surface area contributed by atoms with Gasteiger partial charge in [0.05, 0.1) is 6.21 Å². The predicted molar refractivity (Wildman–Crippen MR) is 117 cm³/mol. The molecule has 1 atom stereocenters. The van der Waals surface area contributed by atoms with Crippen molar-refractivity contribution in [3.63, 3.8) is 0 Å². The van der Waals surface area contributed by atoms with Gasteiger partial charge in [0.25, 0.3) is 5.91 Å². The molecule has 0 heterocycles. The molecule has 1 amide bonds. The van der Waals surface area contributed by atoms with Crippen LogP contribution in [0.15, 0.2) is 59.7 Å². The molecular weight excluding hydrogens is 364 g/mol. The van der Waals surface area contributed by atoms with Gasteiger partial charge in [0.1, 0.15) is 11.5 Å². The number of amides is 1. The first-order valence-electron chi connectivity index (χ1n) is 9.67. The summed E-state index contributed by atoms with van der Waals surface area (Å²) in [5, 5.41) is 16.0. The number of fused-ring (bicyclic) bond motifs is 1. The number of aromatic hydroxyl groups is 1. The molecule has 3 aromatic rings. The molecule has 150 valence electrons. The van der Waals surface area contributed by atoms with Crippen LogP contribution < -0.4 is 10.2 Å². The first kappa shape index (κ1) is 20.4. The number of carbonyl (C=O) groups excluding carboxylic acids is 1. The van der Waals surface area contributed by atoms with Gasteiger partial charge in [-0.25, -0.2) is 5.43 Å². The van der Waals surface area contributed by atoms with Crippen LogP contribution in [0.3, 0.4) is 0 Å². The summed E-state index contributed by atoms with van der Waals surface area (Å²) >= 11 is 0. The molecule has 0 saturated carbocycles. The summed E-state index contributed by atoms with van der Waals surface area (Å²) in [5.74, 6) is 0.803. The molecule has 0 spiro atoms. The lowest BCUT2D eigenvalue weighted by atomic mass is 10.0. The number of nitrogens with one attached hydrogen (secondary N) is 1. The van der Waals surface area contributed by atoms with Gasteiger partial charge in [0, 0.05) is 5.56 Å². The highest BCUT2D eigenvalue weighted by molar-refractivity contribution is 6.02. The normalized spacial score (nSPS) is 12.4. The number of benzene rings is 3. The average molecular weight is 390 g/mol. The molecule has 0 fully saturated rings. The molecule has 0 aliphatic rings. The Morgan fingerprint density at radius 1 is 1.10 bits per heavy atom. The number of carbonyl (C=O) groups is 1. The van der Waals surface area contributed by atoms with Gasteiger partial charge in [0.15, 0.2) is 6.10 Å². The van der Waals surface area contributed by atoms with Crippen molar-refractivity contribution in [3.05, 3.63) is 71.3 Å². The van der Waals surface area contributed by atoms with Crippen LogP contribution in [-0.2, 0) is 4.79 Å². The number of hydrogen-bond acceptors (Lipinski definition) is 4. The van der Waals surface area contributed by atoms with Gasteiger partial charge in [-0.1, -0.05) is 56.3 Å². The second-order valence-electron chi connectivity index (χ2n) is 7.39. The van der Waals surface area contributed by atoms with Crippen LogP contribution in [0, 0.1) is 6.92 Å². The third kappa shape index (κ3) is 4.74. The van der Waals surface area contributed by atoms with Crippen LogP contribution >= 0.6 is 0 Å². The fraction of sp³-hybridized carbons (Fsp3) is 0.250. The van der Waals surface area contributed by atoms with E-state index in [9.17, 15) is 9.90 Å². The Labute approximate surface area is 171 Å². The van der Waals surface area contributed by atoms with Gasteiger partial charge in [0.2, 0.25) is 0 Å². The number of nitrogens with zero attached hydrogens (tertiary/aromatic N) is 1. The maximum absolute atomic E-state index is 12.4. The molecule has 0 aliphatic heterocycles. The molecular formula is C24H26N2O3. The second kappa shape index (κ2) is 8.78. The highest BCUT2D eigenvalue weighted by Crippen LogP contribution is 2.26. The Morgan fingerprint density at radius 2 is 1.86 bits per heavy atom. The van der Waals surface area contributed by atoms with Crippen molar-refractivity contribution in [2.75, 3.05) is 0 Å². The summed E-state index contributed by atoms with van der Waals surface area (Å²) in [6, 6.07) is 17.2. The van der Waals surface area contributed by atoms with Crippen LogP contribution in [0.25, 0.3) is 10.8 Å². The van der Waals surface area contributed by atoms with E-state index in [4.69, 9.17) is 4.74 Å². The lowest BCUT2D eigenvalue weighted by molar-refractivity contribution is -0.127. The van der Waals surface area contributed by atoms with E-state index in [2.05, 4.69) is 30.4 Å². The fourth-order valence-electron chi connectivity index (χ4n) is 3.02. The van der Waals surface area contributed by atoms with Gasteiger partial charge in [-0.3, -0.25) is 4.79 Å². The number of phenols is 1. The Hall–Kier alpha value is -3.34. The van der Waals surface area contributed by atoms with Crippen molar-refractivity contribution in [1.82, 2.24) is 5.43 Å². The molecule has 0 aliphatic carbocycles. The monoisotopic (exact) mass is 390 g/mol. The van der Waals surface area contributed by atoms with Gasteiger partial charge in [-0.05, 0) is 53.8 Å². The van der Waals surface area contributed by atoms with Gasteiger partial charge in [-0.15, -0.1) is 0 Å². The van der Waals surface area contributed by atoms with Crippen LogP contribution in [0.2, 0.25) is 0 Å². The Kier molecular flexibility index (Phi) is 6.17. The van der Waals surface area contributed by atoms with E-state index >= 15 is 0 Å². The van der Waals surface area contributed by atoms with E-state index in [0.29, 0.717) is 17.2 Å². The van der Waals surface area contributed by atoms with E-state index in [0.717, 1.165) is 21.9 Å². The van der Waals surface area contributed by atoms with Crippen molar-refractivity contribution in [2.45, 2.75) is 39.7 Å². The minimum absolute atomic E-state index is 0.104. The minimum Gasteiger partial charge on any atom is -0.507 e. The van der Waals surface area contributed by atoms with Gasteiger partial charge in [-0.2, -0.15) is 5.10 Å². The van der Waals surface area contributed by atoms with E-state index < -0.39 is 6.10 Å². The summed E-state index contributed by atoms with van der Waals surface area (Å²) in [4.78, 5) is 12.4. The summed E-state index contributed by atoms with van der Waals surface area (Å²) in [6.45, 7) is 7.86. The highest BCUT2D eigenvalue weighted by Gasteiger charge is 2.16. The largest absolute Gasteiger partial charge is 0.507 e. The maximum atomic E-state index is 12.4. The lowest BCUT2D eigenvalue weighted by Gasteiger charge is -2.17. The number of hydrogen-bond donors (Lipinski definition) is 2. The standard InChI is InChI=1S/C24H26N2O3/c1-15(2)19-10-9-16(3)23(13-19)29-17(4)24(28)26-25-14-21-20-8-6-5-7-18(20)11-12-22(21)27/h5-15,17,27H,1-4H3,(H,26,28). The van der Waals surface area contributed by atoms with E-state index in [1.165, 1.54) is 6.21 Å². The number of phenolic OH excluding ortho intramolecular Hbond substituents is 1. The molecule has 0 saturated heterocycles. The highest BCUT2D eigenvalue weighted by atomic mass is 16.5. The molecule has 1 unspecified atom stereocenters. The predicted octanol–water partition coefficient (Wildman–Crippen LogP) is 4.89. The molecule has 0 aromatic heterocycles. The Bertz CT molecular complexity index is 1060. The maximum Gasteiger partial charge on any atom is 0.280 e. The molecule has 5 heteroatoms. The van der Waals surface area contributed by atoms with Crippen LogP contribution in [-0.4, -0.2) is 23.3 Å². The summed E-state index contributed by atoms with van der Waals surface area (Å²) in [7, 11) is 0. The smallest absolute Gasteiger partial charge is 0.280 e. The Morgan fingerprint density at radius 3 is 2.62 bits per heavy atom. The molecule has 29 heavy (non-hydrogen) atoms. The first-order chi connectivity index (χ1) is 13.9. The van der Waals surface area contributed by atoms with Crippen LogP contribution in [0.5, 0.6) is 11.5 Å². The molecule has 2 N–H and O–H groups in total. The zero-order valence-corrected chi connectivity index (χ0v) is 17.1. The SMILES string of the molecule is Cc1ccc(C(C)C)cc1OC(C)C(=O)NN=Cc1c(O)ccc2ccccc12. The number of aryl methyl sites for hydroxylation is 1. The summed E-state index contributed by atoms with van der Waals surface area (Å²) in [5.41, 5.74) is 5.17. The fourth-order valence-corrected chi connectivity index (χ4v) is 3.02. The van der Waals surface area contributed by atoms with Crippen LogP contribution in [0.4, 0.5) is 0 Å². The zero-order chi connectivity index (χ0) is 21.0. The average Bonchev–Trinajstić information content (AvgIpc) is 2.70. The molecule has 3 rings (SSSR count). The van der Waals surface area contributed by atoms with Crippen molar-refractivity contribution < 1.29 is 14.6 Å². The first-order valence-corrected chi connectivity index (χ1v) is 9.67. The quantitative estimate of drug-likeness (QED) is 0.465. The molecule has 3 aromatic carbocycles. The summed E-state index contributed by atoms with van der Waals surface area (Å²) in [6.07, 6.45) is 0.738. The number of hydrazone groups is 1. The summed E-state index contributed by atoms with van der Waals surface area (Å²) < 4.78 is 5.86. The van der Waals surface area contributed by atoms with E-state index in [1.807, 2.05) is 49.4 Å². The molecule has 0 radical (unpaired) electrons. The number of rotatable bonds is 6. The van der Waals surface area contributed by atoms with Crippen molar-refractivity contribution in [3.8, 4) is 11.5 Å².